The minimum atomic E-state index is -1.14. The summed E-state index contributed by atoms with van der Waals surface area (Å²) in [6.07, 6.45) is 1.35. The number of carboxylic acid groups (broad SMARTS) is 1. The van der Waals surface area contributed by atoms with Crippen molar-refractivity contribution in [3.05, 3.63) is 22.2 Å². The summed E-state index contributed by atoms with van der Waals surface area (Å²) < 4.78 is 0. The van der Waals surface area contributed by atoms with Gasteiger partial charge in [-0.1, -0.05) is 13.8 Å². The highest BCUT2D eigenvalue weighted by Crippen LogP contribution is 2.07. The van der Waals surface area contributed by atoms with Crippen LogP contribution in [0.4, 0.5) is 5.95 Å². The first-order valence-electron chi connectivity index (χ1n) is 6.84. The van der Waals surface area contributed by atoms with Crippen LogP contribution in [0, 0.1) is 5.92 Å². The van der Waals surface area contributed by atoms with Gasteiger partial charge in [0.15, 0.2) is 11.2 Å². The minimum absolute atomic E-state index is 0.0623. The Bertz CT molecular complexity index is 816. The van der Waals surface area contributed by atoms with E-state index in [0.717, 1.165) is 6.20 Å². The molecule has 1 atom stereocenters. The van der Waals surface area contributed by atoms with Gasteiger partial charge in [-0.25, -0.2) is 14.8 Å². The summed E-state index contributed by atoms with van der Waals surface area (Å²) in [5.41, 5.74) is 4.54. The maximum Gasteiger partial charge on any atom is 0.326 e. The van der Waals surface area contributed by atoms with E-state index in [4.69, 9.17) is 10.8 Å². The van der Waals surface area contributed by atoms with Crippen LogP contribution in [0.3, 0.4) is 0 Å². The molecule has 2 heterocycles. The van der Waals surface area contributed by atoms with E-state index in [0.29, 0.717) is 0 Å². The van der Waals surface area contributed by atoms with E-state index in [9.17, 15) is 14.4 Å². The van der Waals surface area contributed by atoms with Gasteiger partial charge in [-0.3, -0.25) is 14.6 Å². The molecule has 0 spiro atoms. The lowest BCUT2D eigenvalue weighted by Crippen LogP contribution is -2.42. The van der Waals surface area contributed by atoms with Gasteiger partial charge in [0.1, 0.15) is 11.7 Å². The van der Waals surface area contributed by atoms with Crippen molar-refractivity contribution >= 4 is 29.0 Å². The van der Waals surface area contributed by atoms with Crippen molar-refractivity contribution in [2.75, 3.05) is 5.73 Å². The van der Waals surface area contributed by atoms with Gasteiger partial charge < -0.3 is 16.2 Å². The van der Waals surface area contributed by atoms with E-state index in [1.54, 1.807) is 0 Å². The highest BCUT2D eigenvalue weighted by atomic mass is 16.4. The molecule has 0 aliphatic heterocycles. The first-order valence-corrected chi connectivity index (χ1v) is 6.84. The average molecular weight is 320 g/mol. The van der Waals surface area contributed by atoms with Crippen LogP contribution in [0.15, 0.2) is 11.0 Å². The normalized spacial score (nSPS) is 12.3. The second-order valence-corrected chi connectivity index (χ2v) is 5.37. The third kappa shape index (κ3) is 3.78. The molecule has 1 amide bonds. The van der Waals surface area contributed by atoms with E-state index in [-0.39, 0.29) is 35.1 Å². The van der Waals surface area contributed by atoms with Crippen LogP contribution in [-0.2, 0) is 4.79 Å². The van der Waals surface area contributed by atoms with Gasteiger partial charge in [0.2, 0.25) is 5.95 Å². The van der Waals surface area contributed by atoms with Gasteiger partial charge in [0.05, 0.1) is 6.20 Å². The van der Waals surface area contributed by atoms with Crippen molar-refractivity contribution < 1.29 is 14.7 Å². The van der Waals surface area contributed by atoms with Crippen molar-refractivity contribution in [1.82, 2.24) is 25.3 Å². The van der Waals surface area contributed by atoms with Gasteiger partial charge in [0.25, 0.3) is 11.5 Å². The van der Waals surface area contributed by atoms with Crippen LogP contribution < -0.4 is 16.6 Å². The molecule has 0 saturated carbocycles. The zero-order chi connectivity index (χ0) is 17.1. The van der Waals surface area contributed by atoms with Crippen LogP contribution in [0.25, 0.3) is 11.2 Å². The Morgan fingerprint density at radius 1 is 1.39 bits per heavy atom. The largest absolute Gasteiger partial charge is 0.480 e. The number of H-pyrrole nitrogens is 1. The Balaban J connectivity index is 2.30. The smallest absolute Gasteiger partial charge is 0.326 e. The van der Waals surface area contributed by atoms with Crippen LogP contribution >= 0.6 is 0 Å². The lowest BCUT2D eigenvalue weighted by molar-refractivity contribution is -0.139. The van der Waals surface area contributed by atoms with Gasteiger partial charge in [-0.15, -0.1) is 0 Å². The van der Waals surface area contributed by atoms with Crippen LogP contribution in [0.1, 0.15) is 30.8 Å². The molecule has 10 heteroatoms. The lowest BCUT2D eigenvalue weighted by Gasteiger charge is -2.16. The summed E-state index contributed by atoms with van der Waals surface area (Å²) in [6, 6.07) is -1.04. The number of carboxylic acids is 1. The maximum atomic E-state index is 12.1. The second kappa shape index (κ2) is 6.38. The SMILES string of the molecule is CC(C)C[C@@H](NC(=O)c1cnc2c(=O)[nH]c(N)nc2n1)C(=O)O. The standard InChI is InChI=1S/C13H16N6O4/c1-5(2)3-6(12(22)23)17-10(20)7-4-15-8-9(16-7)18-13(14)19-11(8)21/h4-6H,3H2,1-2H3,(H,17,20)(H,22,23)(H3,14,16,18,19,21)/t6-/m1/s1. The van der Waals surface area contributed by atoms with E-state index >= 15 is 0 Å². The number of nitrogens with two attached hydrogens (primary N) is 1. The summed E-state index contributed by atoms with van der Waals surface area (Å²) >= 11 is 0. The number of rotatable bonds is 5. The number of carbonyl (C=O) groups excluding carboxylic acids is 1. The Kier molecular flexibility index (Phi) is 4.53. The third-order valence-corrected chi connectivity index (χ3v) is 2.98. The Hall–Kier alpha value is -3.04. The molecule has 0 radical (unpaired) electrons. The average Bonchev–Trinajstić information content (AvgIpc) is 2.44. The van der Waals surface area contributed by atoms with Crippen molar-refractivity contribution in [2.45, 2.75) is 26.3 Å². The molecule has 0 aromatic carbocycles. The van der Waals surface area contributed by atoms with Gasteiger partial charge in [-0.2, -0.15) is 4.98 Å². The number of amides is 1. The number of fused-ring (bicyclic) bond motifs is 1. The minimum Gasteiger partial charge on any atom is -0.480 e. The summed E-state index contributed by atoms with van der Waals surface area (Å²) in [7, 11) is 0. The summed E-state index contributed by atoms with van der Waals surface area (Å²) in [5.74, 6) is -1.93. The molecule has 0 unspecified atom stereocenters. The maximum absolute atomic E-state index is 12.1. The lowest BCUT2D eigenvalue weighted by atomic mass is 10.0. The number of anilines is 1. The molecule has 122 valence electrons. The number of carbonyl (C=O) groups is 2. The number of hydrogen-bond acceptors (Lipinski definition) is 7. The molecule has 10 nitrogen and oxygen atoms in total. The first-order chi connectivity index (χ1) is 10.8. The molecule has 0 bridgehead atoms. The van der Waals surface area contributed by atoms with Gasteiger partial charge in [-0.05, 0) is 12.3 Å². The molecule has 0 saturated heterocycles. The Morgan fingerprint density at radius 3 is 2.70 bits per heavy atom. The van der Waals surface area contributed by atoms with Crippen LogP contribution in [-0.4, -0.2) is 43.0 Å². The van der Waals surface area contributed by atoms with Crippen molar-refractivity contribution in [3.63, 3.8) is 0 Å². The highest BCUT2D eigenvalue weighted by Gasteiger charge is 2.23. The van der Waals surface area contributed by atoms with Crippen molar-refractivity contribution in [2.24, 2.45) is 5.92 Å². The fourth-order valence-electron chi connectivity index (χ4n) is 1.97. The first kappa shape index (κ1) is 16.3. The van der Waals surface area contributed by atoms with Crippen molar-refractivity contribution in [3.8, 4) is 0 Å². The quantitative estimate of drug-likeness (QED) is 0.573. The topological polar surface area (TPSA) is 164 Å². The fourth-order valence-corrected chi connectivity index (χ4v) is 1.97. The monoisotopic (exact) mass is 320 g/mol. The molecular weight excluding hydrogens is 304 g/mol. The number of aliphatic carboxylic acids is 1. The van der Waals surface area contributed by atoms with Crippen molar-refractivity contribution in [1.29, 1.82) is 0 Å². The highest BCUT2D eigenvalue weighted by molar-refractivity contribution is 5.95. The predicted molar refractivity (Wildman–Crippen MR) is 80.7 cm³/mol. The van der Waals surface area contributed by atoms with E-state index < -0.39 is 23.5 Å². The molecule has 0 fully saturated rings. The van der Waals surface area contributed by atoms with E-state index in [1.807, 2.05) is 13.8 Å². The number of nitrogens with zero attached hydrogens (tertiary/aromatic N) is 3. The zero-order valence-corrected chi connectivity index (χ0v) is 12.5. The van der Waals surface area contributed by atoms with Gasteiger partial charge >= 0.3 is 5.97 Å². The number of hydrogen-bond donors (Lipinski definition) is 4. The van der Waals surface area contributed by atoms with Crippen LogP contribution in [0.5, 0.6) is 0 Å². The number of nitrogen functional groups attached to an aromatic ring is 1. The molecule has 2 rings (SSSR count). The summed E-state index contributed by atoms with van der Waals surface area (Å²) in [5, 5.41) is 11.5. The summed E-state index contributed by atoms with van der Waals surface area (Å²) in [6.45, 7) is 3.69. The second-order valence-electron chi connectivity index (χ2n) is 5.37. The Morgan fingerprint density at radius 2 is 2.09 bits per heavy atom. The van der Waals surface area contributed by atoms with E-state index in [2.05, 4.69) is 25.3 Å². The number of aromatic amines is 1. The van der Waals surface area contributed by atoms with E-state index in [1.165, 1.54) is 0 Å². The molecule has 23 heavy (non-hydrogen) atoms. The van der Waals surface area contributed by atoms with Crippen LogP contribution in [0.2, 0.25) is 0 Å². The third-order valence-electron chi connectivity index (χ3n) is 2.98. The number of aromatic nitrogens is 4. The molecule has 0 aliphatic carbocycles. The number of nitrogens with one attached hydrogen (secondary N) is 2. The molecule has 5 N–H and O–H groups in total. The van der Waals surface area contributed by atoms with Gasteiger partial charge in [0, 0.05) is 0 Å². The molecule has 2 aromatic rings. The summed E-state index contributed by atoms with van der Waals surface area (Å²) in [4.78, 5) is 48.7. The molecule has 2 aromatic heterocycles. The predicted octanol–water partition coefficient (Wildman–Crippen LogP) is -0.476. The molecular formula is C13H16N6O4. The Labute approximate surface area is 130 Å². The molecule has 0 aliphatic rings. The zero-order valence-electron chi connectivity index (χ0n) is 12.5. The fraction of sp³-hybridized carbons (Fsp3) is 0.385.